The van der Waals surface area contributed by atoms with Crippen molar-refractivity contribution in [2.75, 3.05) is 31.5 Å². The molecule has 0 atom stereocenters. The van der Waals surface area contributed by atoms with Gasteiger partial charge in [-0.25, -0.2) is 4.79 Å². The minimum absolute atomic E-state index is 0.109. The van der Waals surface area contributed by atoms with Crippen molar-refractivity contribution in [2.24, 2.45) is 5.92 Å². The maximum absolute atomic E-state index is 12.4. The van der Waals surface area contributed by atoms with Crippen molar-refractivity contribution in [3.05, 3.63) is 5.82 Å². The molecule has 0 saturated carbocycles. The van der Waals surface area contributed by atoms with E-state index < -0.39 is 0 Å². The molecule has 24 heavy (non-hydrogen) atoms. The minimum atomic E-state index is -0.123. The van der Waals surface area contributed by atoms with E-state index in [-0.39, 0.29) is 29.8 Å². The summed E-state index contributed by atoms with van der Waals surface area (Å²) in [5.74, 6) is 0.500. The van der Waals surface area contributed by atoms with Crippen molar-refractivity contribution in [3.8, 4) is 0 Å². The number of hydrogen-bond donors (Lipinski definition) is 1. The standard InChI is InChI=1S/C16H25N5O3/c1-11(2)13-17-15(24-19-13)18-14(22)12-5-9-21(10-6-12)16(23)20-7-3-4-8-20/h11-12H,3-10H2,1-2H3,(H,17,18,19,22). The highest BCUT2D eigenvalue weighted by Gasteiger charge is 2.31. The number of nitrogens with one attached hydrogen (secondary N) is 1. The van der Waals surface area contributed by atoms with E-state index in [1.807, 2.05) is 23.6 Å². The number of amides is 3. The van der Waals surface area contributed by atoms with Gasteiger partial charge in [0.15, 0.2) is 5.82 Å². The molecular formula is C16H25N5O3. The molecule has 8 nitrogen and oxygen atoms in total. The Bertz CT molecular complexity index is 586. The van der Waals surface area contributed by atoms with E-state index in [2.05, 4.69) is 15.5 Å². The molecule has 0 unspecified atom stereocenters. The summed E-state index contributed by atoms with van der Waals surface area (Å²) in [4.78, 5) is 32.6. The molecule has 0 aliphatic carbocycles. The lowest BCUT2D eigenvalue weighted by Crippen LogP contribution is -2.47. The van der Waals surface area contributed by atoms with E-state index in [0.29, 0.717) is 31.8 Å². The molecular weight excluding hydrogens is 310 g/mol. The van der Waals surface area contributed by atoms with Crippen molar-refractivity contribution < 1.29 is 14.1 Å². The van der Waals surface area contributed by atoms with Crippen LogP contribution in [0.3, 0.4) is 0 Å². The van der Waals surface area contributed by atoms with Crippen LogP contribution in [0.25, 0.3) is 0 Å². The number of carbonyl (C=O) groups excluding carboxylic acids is 2. The molecule has 0 radical (unpaired) electrons. The molecule has 1 aromatic rings. The zero-order valence-electron chi connectivity index (χ0n) is 14.3. The fourth-order valence-electron chi connectivity index (χ4n) is 3.17. The first-order chi connectivity index (χ1) is 11.5. The van der Waals surface area contributed by atoms with Crippen molar-refractivity contribution in [2.45, 2.75) is 45.4 Å². The maximum Gasteiger partial charge on any atom is 0.328 e. The number of carbonyl (C=O) groups is 2. The Morgan fingerprint density at radius 2 is 1.75 bits per heavy atom. The van der Waals surface area contributed by atoms with Crippen LogP contribution < -0.4 is 5.32 Å². The highest BCUT2D eigenvalue weighted by molar-refractivity contribution is 5.90. The smallest absolute Gasteiger partial charge is 0.325 e. The predicted molar refractivity (Wildman–Crippen MR) is 87.5 cm³/mol. The first-order valence-electron chi connectivity index (χ1n) is 8.73. The highest BCUT2D eigenvalue weighted by Crippen LogP contribution is 2.22. The van der Waals surface area contributed by atoms with Crippen LogP contribution in [0.5, 0.6) is 0 Å². The summed E-state index contributed by atoms with van der Waals surface area (Å²) in [6.45, 7) is 6.87. The summed E-state index contributed by atoms with van der Waals surface area (Å²) in [6.07, 6.45) is 3.51. The van der Waals surface area contributed by atoms with Gasteiger partial charge in [-0.1, -0.05) is 19.0 Å². The van der Waals surface area contributed by atoms with E-state index in [1.165, 1.54) is 0 Å². The summed E-state index contributed by atoms with van der Waals surface area (Å²) in [5, 5.41) is 6.53. The monoisotopic (exact) mass is 335 g/mol. The number of likely N-dealkylation sites (tertiary alicyclic amines) is 2. The van der Waals surface area contributed by atoms with Gasteiger partial charge in [0.05, 0.1) is 0 Å². The van der Waals surface area contributed by atoms with Crippen molar-refractivity contribution in [1.82, 2.24) is 19.9 Å². The van der Waals surface area contributed by atoms with E-state index >= 15 is 0 Å². The van der Waals surface area contributed by atoms with Crippen LogP contribution in [0.2, 0.25) is 0 Å². The van der Waals surface area contributed by atoms with Crippen molar-refractivity contribution in [1.29, 1.82) is 0 Å². The molecule has 2 aliphatic rings. The molecule has 3 amide bonds. The first-order valence-corrected chi connectivity index (χ1v) is 8.73. The number of rotatable bonds is 3. The Labute approximate surface area is 141 Å². The van der Waals surface area contributed by atoms with Crippen LogP contribution >= 0.6 is 0 Å². The average molecular weight is 335 g/mol. The van der Waals surface area contributed by atoms with Gasteiger partial charge in [-0.2, -0.15) is 4.98 Å². The second-order valence-electron chi connectivity index (χ2n) is 6.84. The summed E-state index contributed by atoms with van der Waals surface area (Å²) >= 11 is 0. The molecule has 2 fully saturated rings. The normalized spacial score (nSPS) is 19.1. The number of hydrogen-bond acceptors (Lipinski definition) is 5. The van der Waals surface area contributed by atoms with Gasteiger partial charge in [0, 0.05) is 38.0 Å². The van der Waals surface area contributed by atoms with E-state index in [4.69, 9.17) is 4.52 Å². The Kier molecular flexibility index (Phi) is 5.01. The number of nitrogens with zero attached hydrogens (tertiary/aromatic N) is 4. The Hall–Kier alpha value is -2.12. The summed E-state index contributed by atoms with van der Waals surface area (Å²) in [7, 11) is 0. The number of anilines is 1. The fraction of sp³-hybridized carbons (Fsp3) is 0.750. The SMILES string of the molecule is CC(C)c1noc(NC(=O)C2CCN(C(=O)N3CCCC3)CC2)n1. The zero-order chi connectivity index (χ0) is 17.1. The number of urea groups is 1. The molecule has 0 aromatic carbocycles. The van der Waals surface area contributed by atoms with Gasteiger partial charge in [-0.3, -0.25) is 10.1 Å². The maximum atomic E-state index is 12.4. The minimum Gasteiger partial charge on any atom is -0.325 e. The average Bonchev–Trinajstić information content (AvgIpc) is 3.26. The summed E-state index contributed by atoms with van der Waals surface area (Å²) in [5.41, 5.74) is 0. The lowest BCUT2D eigenvalue weighted by molar-refractivity contribution is -0.121. The van der Waals surface area contributed by atoms with Crippen molar-refractivity contribution in [3.63, 3.8) is 0 Å². The Morgan fingerprint density at radius 1 is 1.12 bits per heavy atom. The third kappa shape index (κ3) is 3.68. The van der Waals surface area contributed by atoms with Crippen molar-refractivity contribution >= 4 is 18.0 Å². The third-order valence-electron chi connectivity index (χ3n) is 4.70. The van der Waals surface area contributed by atoms with Gasteiger partial charge in [-0.15, -0.1) is 0 Å². The lowest BCUT2D eigenvalue weighted by atomic mass is 9.96. The second kappa shape index (κ2) is 7.19. The highest BCUT2D eigenvalue weighted by atomic mass is 16.5. The van der Waals surface area contributed by atoms with Gasteiger partial charge in [0.2, 0.25) is 5.91 Å². The van der Waals surface area contributed by atoms with Crippen LogP contribution in [0.4, 0.5) is 10.8 Å². The molecule has 8 heteroatoms. The number of piperidine rings is 1. The first kappa shape index (κ1) is 16.7. The quantitative estimate of drug-likeness (QED) is 0.913. The topological polar surface area (TPSA) is 91.6 Å². The molecule has 3 rings (SSSR count). The molecule has 2 aliphatic heterocycles. The zero-order valence-corrected chi connectivity index (χ0v) is 14.3. The summed E-state index contributed by atoms with van der Waals surface area (Å²) in [6, 6.07) is 0.268. The largest absolute Gasteiger partial charge is 0.328 e. The predicted octanol–water partition coefficient (Wildman–Crippen LogP) is 2.06. The second-order valence-corrected chi connectivity index (χ2v) is 6.84. The van der Waals surface area contributed by atoms with E-state index in [1.54, 1.807) is 0 Å². The van der Waals surface area contributed by atoms with E-state index in [9.17, 15) is 9.59 Å². The van der Waals surface area contributed by atoms with Gasteiger partial charge in [0.1, 0.15) is 0 Å². The van der Waals surface area contributed by atoms with Gasteiger partial charge in [-0.05, 0) is 25.7 Å². The Balaban J connectivity index is 1.48. The Morgan fingerprint density at radius 3 is 2.33 bits per heavy atom. The molecule has 1 aromatic heterocycles. The fourth-order valence-corrected chi connectivity index (χ4v) is 3.17. The van der Waals surface area contributed by atoms with Gasteiger partial charge in [0.25, 0.3) is 0 Å². The van der Waals surface area contributed by atoms with Crippen LogP contribution in [-0.4, -0.2) is 58.1 Å². The van der Waals surface area contributed by atoms with Gasteiger partial charge < -0.3 is 14.3 Å². The lowest BCUT2D eigenvalue weighted by Gasteiger charge is -2.33. The summed E-state index contributed by atoms with van der Waals surface area (Å²) < 4.78 is 5.05. The molecule has 2 saturated heterocycles. The molecule has 132 valence electrons. The molecule has 1 N–H and O–H groups in total. The van der Waals surface area contributed by atoms with Crippen LogP contribution in [0.15, 0.2) is 4.52 Å². The van der Waals surface area contributed by atoms with Crippen LogP contribution in [0, 0.1) is 5.92 Å². The van der Waals surface area contributed by atoms with E-state index in [0.717, 1.165) is 25.9 Å². The third-order valence-corrected chi connectivity index (χ3v) is 4.70. The number of aromatic nitrogens is 2. The van der Waals surface area contributed by atoms with Crippen LogP contribution in [0.1, 0.15) is 51.3 Å². The van der Waals surface area contributed by atoms with Crippen LogP contribution in [-0.2, 0) is 4.79 Å². The molecule has 0 bridgehead atoms. The van der Waals surface area contributed by atoms with Gasteiger partial charge >= 0.3 is 12.0 Å². The molecule has 3 heterocycles. The molecule has 0 spiro atoms.